The van der Waals surface area contributed by atoms with Crippen LogP contribution in [0.4, 0.5) is 10.5 Å². The Labute approximate surface area is 163 Å². The van der Waals surface area contributed by atoms with Crippen molar-refractivity contribution < 1.29 is 4.79 Å². The Morgan fingerprint density at radius 2 is 2.11 bits per heavy atom. The molecule has 0 radical (unpaired) electrons. The molecule has 1 saturated heterocycles. The van der Waals surface area contributed by atoms with E-state index >= 15 is 0 Å². The van der Waals surface area contributed by atoms with Gasteiger partial charge in [-0.25, -0.2) is 14.8 Å². The lowest BCUT2D eigenvalue weighted by Crippen LogP contribution is -2.33. The third-order valence-electron chi connectivity index (χ3n) is 5.03. The van der Waals surface area contributed by atoms with Gasteiger partial charge in [-0.05, 0) is 56.0 Å². The lowest BCUT2D eigenvalue weighted by molar-refractivity contribution is 0.222. The molecule has 140 valence electrons. The van der Waals surface area contributed by atoms with Gasteiger partial charge in [-0.2, -0.15) is 0 Å². The van der Waals surface area contributed by atoms with Crippen LogP contribution in [0.25, 0.3) is 11.2 Å². The Bertz CT molecular complexity index is 953. The molecule has 0 bridgehead atoms. The number of hydrogen-bond donors (Lipinski definition) is 1. The predicted octanol–water partition coefficient (Wildman–Crippen LogP) is 4.19. The summed E-state index contributed by atoms with van der Waals surface area (Å²) in [4.78, 5) is 25.0. The van der Waals surface area contributed by atoms with Crippen LogP contribution in [0.2, 0.25) is 0 Å². The summed E-state index contributed by atoms with van der Waals surface area (Å²) < 4.78 is 2.17. The van der Waals surface area contributed by atoms with Crippen LogP contribution in [0.3, 0.4) is 0 Å². The first kappa shape index (κ1) is 17.9. The van der Waals surface area contributed by atoms with Crippen molar-refractivity contribution in [2.45, 2.75) is 30.7 Å². The van der Waals surface area contributed by atoms with E-state index in [1.807, 2.05) is 47.6 Å². The van der Waals surface area contributed by atoms with E-state index < -0.39 is 0 Å². The third kappa shape index (κ3) is 3.51. The molecule has 1 N–H and O–H groups in total. The number of imidazole rings is 1. The second-order valence-corrected chi connectivity index (χ2v) is 7.53. The smallest absolute Gasteiger partial charge is 0.321 e. The summed E-state index contributed by atoms with van der Waals surface area (Å²) in [6.07, 6.45) is 4.76. The normalized spacial score (nSPS) is 16.8. The summed E-state index contributed by atoms with van der Waals surface area (Å²) in [5, 5.41) is 3.00. The number of carbonyl (C=O) groups excluding carboxylic acids is 1. The summed E-state index contributed by atoms with van der Waals surface area (Å²) in [7, 11) is 0. The summed E-state index contributed by atoms with van der Waals surface area (Å²) >= 11 is 1.69. The van der Waals surface area contributed by atoms with Gasteiger partial charge >= 0.3 is 6.03 Å². The molecule has 1 atom stereocenters. The number of carbonyl (C=O) groups is 1. The molecule has 6 nitrogen and oxygen atoms in total. The first-order valence-corrected chi connectivity index (χ1v) is 10.4. The second kappa shape index (κ2) is 7.60. The van der Waals surface area contributed by atoms with Gasteiger partial charge in [-0.3, -0.25) is 0 Å². The minimum Gasteiger partial charge on any atom is -0.324 e. The Kier molecular flexibility index (Phi) is 5.03. The molecule has 3 aromatic rings. The number of rotatable bonds is 4. The maximum Gasteiger partial charge on any atom is 0.321 e. The van der Waals surface area contributed by atoms with E-state index in [1.165, 1.54) is 4.90 Å². The van der Waals surface area contributed by atoms with Gasteiger partial charge in [0.05, 0.1) is 0 Å². The minimum absolute atomic E-state index is 0.0494. The van der Waals surface area contributed by atoms with Crippen molar-refractivity contribution in [2.75, 3.05) is 24.7 Å². The highest BCUT2D eigenvalue weighted by Gasteiger charge is 2.31. The monoisotopic (exact) mass is 381 g/mol. The molecular weight excluding hydrogens is 358 g/mol. The number of likely N-dealkylation sites (tertiary alicyclic amines) is 1. The number of fused-ring (bicyclic) bond motifs is 1. The molecule has 1 aliphatic heterocycles. The first-order valence-electron chi connectivity index (χ1n) is 9.20. The highest BCUT2D eigenvalue weighted by molar-refractivity contribution is 7.98. The average molecular weight is 382 g/mol. The van der Waals surface area contributed by atoms with Crippen molar-refractivity contribution in [1.29, 1.82) is 0 Å². The highest BCUT2D eigenvalue weighted by atomic mass is 32.2. The second-order valence-electron chi connectivity index (χ2n) is 6.65. The van der Waals surface area contributed by atoms with Gasteiger partial charge in [-0.1, -0.05) is 0 Å². The molecule has 27 heavy (non-hydrogen) atoms. The number of benzene rings is 1. The van der Waals surface area contributed by atoms with E-state index in [4.69, 9.17) is 4.98 Å². The molecule has 3 heterocycles. The Balaban J connectivity index is 1.47. The van der Waals surface area contributed by atoms with Crippen LogP contribution >= 0.6 is 11.8 Å². The molecule has 2 aromatic heterocycles. The van der Waals surface area contributed by atoms with Crippen LogP contribution < -0.4 is 5.32 Å². The number of nitrogens with one attached hydrogen (secondary N) is 1. The molecule has 1 aliphatic rings. The van der Waals surface area contributed by atoms with Crippen molar-refractivity contribution in [2.24, 2.45) is 0 Å². The van der Waals surface area contributed by atoms with E-state index in [1.54, 1.807) is 18.0 Å². The van der Waals surface area contributed by atoms with E-state index in [2.05, 4.69) is 21.8 Å². The molecule has 7 heteroatoms. The van der Waals surface area contributed by atoms with E-state index in [0.717, 1.165) is 42.2 Å². The topological polar surface area (TPSA) is 63.1 Å². The van der Waals surface area contributed by atoms with Crippen LogP contribution in [0.15, 0.2) is 47.5 Å². The quantitative estimate of drug-likeness (QED) is 0.688. The van der Waals surface area contributed by atoms with Gasteiger partial charge in [0.2, 0.25) is 0 Å². The number of aromatic nitrogens is 3. The summed E-state index contributed by atoms with van der Waals surface area (Å²) in [5.41, 5.74) is 2.67. The zero-order valence-corrected chi connectivity index (χ0v) is 16.4. The molecule has 0 spiro atoms. The van der Waals surface area contributed by atoms with Crippen LogP contribution in [0.1, 0.15) is 25.1 Å². The average Bonchev–Trinajstić information content (AvgIpc) is 3.33. The van der Waals surface area contributed by atoms with Gasteiger partial charge in [0, 0.05) is 42.3 Å². The number of amides is 2. The zero-order valence-electron chi connectivity index (χ0n) is 15.6. The molecular formula is C20H23N5OS. The highest BCUT2D eigenvalue weighted by Crippen LogP contribution is 2.29. The SMILES string of the molecule is CCn1c([C@H]2CCN(C(=O)Nc3ccc(SC)cc3)C2)nc2cccnc21. The molecule has 0 saturated carbocycles. The first-order chi connectivity index (χ1) is 13.2. The molecule has 4 rings (SSSR count). The molecule has 2 amide bonds. The fourth-order valence-corrected chi connectivity index (χ4v) is 4.04. The summed E-state index contributed by atoms with van der Waals surface area (Å²) in [6, 6.07) is 11.8. The van der Waals surface area contributed by atoms with Crippen LogP contribution in [0.5, 0.6) is 0 Å². The third-order valence-corrected chi connectivity index (χ3v) is 5.77. The standard InChI is InChI=1S/C20H23N5OS/c1-3-25-18(23-17-5-4-11-21-19(17)25)14-10-12-24(13-14)20(26)22-15-6-8-16(27-2)9-7-15/h4-9,11,14H,3,10,12-13H2,1-2H3,(H,22,26)/t14-/m0/s1. The molecule has 0 aliphatic carbocycles. The van der Waals surface area contributed by atoms with Gasteiger partial charge in [-0.15, -0.1) is 11.8 Å². The lowest BCUT2D eigenvalue weighted by atomic mass is 10.1. The summed E-state index contributed by atoms with van der Waals surface area (Å²) in [5.74, 6) is 1.27. The Hall–Kier alpha value is -2.54. The van der Waals surface area contributed by atoms with Crippen LogP contribution in [0, 0.1) is 0 Å². The van der Waals surface area contributed by atoms with Crippen molar-refractivity contribution in [3.63, 3.8) is 0 Å². The molecule has 1 fully saturated rings. The van der Waals surface area contributed by atoms with Crippen LogP contribution in [-0.2, 0) is 6.54 Å². The molecule has 0 unspecified atom stereocenters. The number of aryl methyl sites for hydroxylation is 1. The van der Waals surface area contributed by atoms with E-state index in [-0.39, 0.29) is 11.9 Å². The van der Waals surface area contributed by atoms with Gasteiger partial charge in [0.15, 0.2) is 5.65 Å². The predicted molar refractivity (Wildman–Crippen MR) is 109 cm³/mol. The number of urea groups is 1. The number of thioether (sulfide) groups is 1. The van der Waals surface area contributed by atoms with Gasteiger partial charge in [0.1, 0.15) is 11.3 Å². The van der Waals surface area contributed by atoms with Gasteiger partial charge in [0.25, 0.3) is 0 Å². The van der Waals surface area contributed by atoms with Crippen LogP contribution in [-0.4, -0.2) is 44.8 Å². The van der Waals surface area contributed by atoms with Crippen molar-refractivity contribution in [3.05, 3.63) is 48.4 Å². The number of hydrogen-bond acceptors (Lipinski definition) is 4. The number of anilines is 1. The maximum atomic E-state index is 12.6. The van der Waals surface area contributed by atoms with E-state index in [0.29, 0.717) is 6.54 Å². The number of pyridine rings is 1. The minimum atomic E-state index is -0.0494. The Morgan fingerprint density at radius 3 is 2.85 bits per heavy atom. The van der Waals surface area contributed by atoms with Crippen molar-refractivity contribution in [1.82, 2.24) is 19.4 Å². The lowest BCUT2D eigenvalue weighted by Gasteiger charge is -2.18. The van der Waals surface area contributed by atoms with Crippen molar-refractivity contribution >= 4 is 34.6 Å². The Morgan fingerprint density at radius 1 is 1.30 bits per heavy atom. The summed E-state index contributed by atoms with van der Waals surface area (Å²) in [6.45, 7) is 4.35. The number of nitrogens with zero attached hydrogens (tertiary/aromatic N) is 4. The largest absolute Gasteiger partial charge is 0.324 e. The molecule has 1 aromatic carbocycles. The van der Waals surface area contributed by atoms with Gasteiger partial charge < -0.3 is 14.8 Å². The maximum absolute atomic E-state index is 12.6. The van der Waals surface area contributed by atoms with Crippen molar-refractivity contribution in [3.8, 4) is 0 Å². The zero-order chi connectivity index (χ0) is 18.8. The fourth-order valence-electron chi connectivity index (χ4n) is 3.63. The fraction of sp³-hybridized carbons (Fsp3) is 0.350. The van der Waals surface area contributed by atoms with E-state index in [9.17, 15) is 4.79 Å².